The fourth-order valence-corrected chi connectivity index (χ4v) is 2.71. The maximum atomic E-state index is 12.1. The highest BCUT2D eigenvalue weighted by atomic mass is 79.9. The van der Waals surface area contributed by atoms with E-state index in [4.69, 9.17) is 4.74 Å². The lowest BCUT2D eigenvalue weighted by Crippen LogP contribution is -2.37. The number of hydrogen-bond acceptors (Lipinski definition) is 3. The number of nitrogens with zero attached hydrogens (tertiary/aromatic N) is 1. The van der Waals surface area contributed by atoms with E-state index in [9.17, 15) is 4.79 Å². The Balaban J connectivity index is 1.63. The van der Waals surface area contributed by atoms with Crippen LogP contribution in [0.3, 0.4) is 0 Å². The SMILES string of the molecule is CC(Oc1ccc(Br)cc1)C(=O)NCCCN(C)Cc1ccccc1. The van der Waals surface area contributed by atoms with Crippen LogP contribution in [0.5, 0.6) is 5.75 Å². The van der Waals surface area contributed by atoms with Crippen LogP contribution in [0.25, 0.3) is 0 Å². The summed E-state index contributed by atoms with van der Waals surface area (Å²) >= 11 is 3.38. The minimum Gasteiger partial charge on any atom is -0.481 e. The van der Waals surface area contributed by atoms with Gasteiger partial charge in [-0.1, -0.05) is 46.3 Å². The van der Waals surface area contributed by atoms with Gasteiger partial charge < -0.3 is 15.0 Å². The molecule has 0 spiro atoms. The van der Waals surface area contributed by atoms with Crippen molar-refractivity contribution in [3.63, 3.8) is 0 Å². The van der Waals surface area contributed by atoms with E-state index in [1.165, 1.54) is 5.56 Å². The summed E-state index contributed by atoms with van der Waals surface area (Å²) in [4.78, 5) is 14.3. The van der Waals surface area contributed by atoms with Crippen LogP contribution in [-0.2, 0) is 11.3 Å². The fraction of sp³-hybridized carbons (Fsp3) is 0.350. The number of ether oxygens (including phenoxy) is 1. The summed E-state index contributed by atoms with van der Waals surface area (Å²) in [7, 11) is 2.09. The first kappa shape index (κ1) is 19.5. The third-order valence-electron chi connectivity index (χ3n) is 3.81. The lowest BCUT2D eigenvalue weighted by molar-refractivity contribution is -0.127. The average molecular weight is 405 g/mol. The zero-order chi connectivity index (χ0) is 18.1. The first-order valence-electron chi connectivity index (χ1n) is 8.47. The van der Waals surface area contributed by atoms with Gasteiger partial charge in [-0.3, -0.25) is 4.79 Å². The Morgan fingerprint density at radius 3 is 2.52 bits per heavy atom. The number of carbonyl (C=O) groups is 1. The molecule has 134 valence electrons. The summed E-state index contributed by atoms with van der Waals surface area (Å²) in [5.41, 5.74) is 1.30. The molecule has 0 radical (unpaired) electrons. The molecule has 25 heavy (non-hydrogen) atoms. The molecule has 0 aromatic heterocycles. The summed E-state index contributed by atoms with van der Waals surface area (Å²) in [6.07, 6.45) is 0.392. The second-order valence-corrected chi connectivity index (χ2v) is 7.00. The van der Waals surface area contributed by atoms with Crippen molar-refractivity contribution in [2.45, 2.75) is 26.0 Å². The Bertz CT molecular complexity index is 647. The predicted molar refractivity (Wildman–Crippen MR) is 105 cm³/mol. The van der Waals surface area contributed by atoms with Gasteiger partial charge in [0.2, 0.25) is 0 Å². The first-order chi connectivity index (χ1) is 12.0. The van der Waals surface area contributed by atoms with Crippen LogP contribution >= 0.6 is 15.9 Å². The zero-order valence-electron chi connectivity index (χ0n) is 14.7. The molecule has 0 heterocycles. The molecular weight excluding hydrogens is 380 g/mol. The van der Waals surface area contributed by atoms with Crippen molar-refractivity contribution in [3.8, 4) is 5.75 Å². The highest BCUT2D eigenvalue weighted by Crippen LogP contribution is 2.17. The monoisotopic (exact) mass is 404 g/mol. The van der Waals surface area contributed by atoms with Crippen LogP contribution in [0.2, 0.25) is 0 Å². The van der Waals surface area contributed by atoms with Crippen LogP contribution < -0.4 is 10.1 Å². The molecule has 2 rings (SSSR count). The van der Waals surface area contributed by atoms with Crippen LogP contribution in [-0.4, -0.2) is 37.0 Å². The zero-order valence-corrected chi connectivity index (χ0v) is 16.3. The van der Waals surface area contributed by atoms with Gasteiger partial charge in [-0.2, -0.15) is 0 Å². The molecule has 1 N–H and O–H groups in total. The van der Waals surface area contributed by atoms with Crippen molar-refractivity contribution < 1.29 is 9.53 Å². The molecule has 5 heteroatoms. The summed E-state index contributed by atoms with van der Waals surface area (Å²) in [5, 5.41) is 2.93. The topological polar surface area (TPSA) is 41.6 Å². The van der Waals surface area contributed by atoms with Gasteiger partial charge in [-0.15, -0.1) is 0 Å². The van der Waals surface area contributed by atoms with Crippen molar-refractivity contribution in [1.82, 2.24) is 10.2 Å². The Kier molecular flexibility index (Phi) is 7.95. The molecule has 1 atom stereocenters. The minimum atomic E-state index is -0.511. The van der Waals surface area contributed by atoms with Gasteiger partial charge in [-0.25, -0.2) is 0 Å². The number of hydrogen-bond donors (Lipinski definition) is 1. The maximum Gasteiger partial charge on any atom is 0.260 e. The third kappa shape index (κ3) is 7.28. The number of amides is 1. The van der Waals surface area contributed by atoms with E-state index in [0.29, 0.717) is 12.3 Å². The molecule has 0 fully saturated rings. The molecule has 1 amide bonds. The second-order valence-electron chi connectivity index (χ2n) is 6.08. The maximum absolute atomic E-state index is 12.1. The molecule has 0 saturated carbocycles. The van der Waals surface area contributed by atoms with E-state index < -0.39 is 6.10 Å². The van der Waals surface area contributed by atoms with Gasteiger partial charge in [0.25, 0.3) is 5.91 Å². The lowest BCUT2D eigenvalue weighted by atomic mass is 10.2. The number of halogens is 1. The Hall–Kier alpha value is -1.85. The quantitative estimate of drug-likeness (QED) is 0.645. The van der Waals surface area contributed by atoms with Crippen LogP contribution in [0, 0.1) is 0 Å². The Morgan fingerprint density at radius 1 is 1.16 bits per heavy atom. The van der Waals surface area contributed by atoms with E-state index >= 15 is 0 Å². The Morgan fingerprint density at radius 2 is 1.84 bits per heavy atom. The van der Waals surface area contributed by atoms with Crippen molar-refractivity contribution in [2.24, 2.45) is 0 Å². The van der Waals surface area contributed by atoms with E-state index in [1.807, 2.05) is 30.3 Å². The van der Waals surface area contributed by atoms with Gasteiger partial charge in [0.05, 0.1) is 0 Å². The van der Waals surface area contributed by atoms with Crippen LogP contribution in [0.1, 0.15) is 18.9 Å². The number of benzene rings is 2. The van der Waals surface area contributed by atoms with Crippen molar-refractivity contribution in [2.75, 3.05) is 20.1 Å². The molecule has 0 aliphatic heterocycles. The average Bonchev–Trinajstić information content (AvgIpc) is 2.61. The number of nitrogens with one attached hydrogen (secondary N) is 1. The molecular formula is C20H25BrN2O2. The molecule has 4 nitrogen and oxygen atoms in total. The molecule has 0 saturated heterocycles. The summed E-state index contributed by atoms with van der Waals surface area (Å²) in [6.45, 7) is 4.25. The predicted octanol–water partition coefficient (Wildman–Crippen LogP) is 3.85. The first-order valence-corrected chi connectivity index (χ1v) is 9.26. The van der Waals surface area contributed by atoms with E-state index in [-0.39, 0.29) is 5.91 Å². The summed E-state index contributed by atoms with van der Waals surface area (Å²) in [5.74, 6) is 0.599. The fourth-order valence-electron chi connectivity index (χ4n) is 2.45. The molecule has 2 aromatic carbocycles. The van der Waals surface area contributed by atoms with Crippen LogP contribution in [0.4, 0.5) is 0 Å². The normalized spacial score (nSPS) is 12.0. The molecule has 1 unspecified atom stereocenters. The van der Waals surface area contributed by atoms with E-state index in [0.717, 1.165) is 24.0 Å². The third-order valence-corrected chi connectivity index (χ3v) is 4.34. The van der Waals surface area contributed by atoms with Crippen LogP contribution in [0.15, 0.2) is 59.1 Å². The standard InChI is InChI=1S/C20H25BrN2O2/c1-16(25-19-11-9-18(21)10-12-19)20(24)22-13-6-14-23(2)15-17-7-4-3-5-8-17/h3-5,7-12,16H,6,13-15H2,1-2H3,(H,22,24). The highest BCUT2D eigenvalue weighted by Gasteiger charge is 2.14. The summed E-state index contributed by atoms with van der Waals surface area (Å²) < 4.78 is 6.63. The van der Waals surface area contributed by atoms with E-state index in [1.54, 1.807) is 6.92 Å². The second kappa shape index (κ2) is 10.2. The smallest absolute Gasteiger partial charge is 0.260 e. The van der Waals surface area contributed by atoms with Gasteiger partial charge in [0.1, 0.15) is 5.75 Å². The number of rotatable bonds is 9. The van der Waals surface area contributed by atoms with Gasteiger partial charge in [0.15, 0.2) is 6.10 Å². The summed E-state index contributed by atoms with van der Waals surface area (Å²) in [6, 6.07) is 17.8. The van der Waals surface area contributed by atoms with Crippen molar-refractivity contribution in [3.05, 3.63) is 64.6 Å². The van der Waals surface area contributed by atoms with Crippen molar-refractivity contribution >= 4 is 21.8 Å². The lowest BCUT2D eigenvalue weighted by Gasteiger charge is -2.18. The Labute approximate surface area is 158 Å². The largest absolute Gasteiger partial charge is 0.481 e. The minimum absolute atomic E-state index is 0.0892. The van der Waals surface area contributed by atoms with Gasteiger partial charge in [-0.05, 0) is 56.8 Å². The van der Waals surface area contributed by atoms with Crippen molar-refractivity contribution in [1.29, 1.82) is 0 Å². The molecule has 0 bridgehead atoms. The van der Waals surface area contributed by atoms with Gasteiger partial charge in [0, 0.05) is 17.6 Å². The molecule has 2 aromatic rings. The molecule has 0 aliphatic rings. The van der Waals surface area contributed by atoms with E-state index in [2.05, 4.69) is 57.5 Å². The van der Waals surface area contributed by atoms with Gasteiger partial charge >= 0.3 is 0 Å². The molecule has 0 aliphatic carbocycles. The highest BCUT2D eigenvalue weighted by molar-refractivity contribution is 9.10. The number of carbonyl (C=O) groups excluding carboxylic acids is 1.